The van der Waals surface area contributed by atoms with Crippen LogP contribution < -0.4 is 16.0 Å². The van der Waals surface area contributed by atoms with E-state index in [1.54, 1.807) is 12.1 Å². The van der Waals surface area contributed by atoms with Crippen molar-refractivity contribution in [1.29, 1.82) is 0 Å². The van der Waals surface area contributed by atoms with Gasteiger partial charge in [-0.1, -0.05) is 15.9 Å². The van der Waals surface area contributed by atoms with Gasteiger partial charge in [-0.25, -0.2) is 10.2 Å². The first-order valence-corrected chi connectivity index (χ1v) is 6.05. The van der Waals surface area contributed by atoms with Crippen LogP contribution in [0.25, 0.3) is 0 Å². The Morgan fingerprint density at radius 3 is 2.95 bits per heavy atom. The van der Waals surface area contributed by atoms with Crippen LogP contribution in [0.3, 0.4) is 0 Å². The lowest BCUT2D eigenvalue weighted by Gasteiger charge is -2.06. The fourth-order valence-corrected chi connectivity index (χ4v) is 1.93. The molecule has 0 atom stereocenters. The molecule has 3 N–H and O–H groups in total. The van der Waals surface area contributed by atoms with E-state index in [9.17, 15) is 9.18 Å². The molecule has 7 heteroatoms. The van der Waals surface area contributed by atoms with E-state index >= 15 is 0 Å². The average molecular weight is 329 g/mol. The summed E-state index contributed by atoms with van der Waals surface area (Å²) in [5.41, 5.74) is 2.49. The summed E-state index contributed by atoms with van der Waals surface area (Å²) in [6.45, 7) is 0.0646. The van der Waals surface area contributed by atoms with Crippen molar-refractivity contribution < 1.29 is 18.3 Å². The first kappa shape index (κ1) is 13.6. The predicted octanol–water partition coefficient (Wildman–Crippen LogP) is 2.36. The van der Waals surface area contributed by atoms with Gasteiger partial charge in [0.1, 0.15) is 18.2 Å². The number of hydrogen-bond acceptors (Lipinski definition) is 4. The van der Waals surface area contributed by atoms with Gasteiger partial charge in [0.2, 0.25) is 0 Å². The fraction of sp³-hybridized carbons (Fsp3) is 0.0833. The zero-order chi connectivity index (χ0) is 13.8. The van der Waals surface area contributed by atoms with Crippen LogP contribution in [0, 0.1) is 5.82 Å². The minimum Gasteiger partial charge on any atom is -0.489 e. The van der Waals surface area contributed by atoms with Crippen LogP contribution in [-0.4, -0.2) is 5.91 Å². The lowest BCUT2D eigenvalue weighted by molar-refractivity contribution is 0.0922. The second-order valence-electron chi connectivity index (χ2n) is 3.64. The maximum Gasteiger partial charge on any atom is 0.301 e. The molecule has 2 aromatic rings. The van der Waals surface area contributed by atoms with E-state index in [-0.39, 0.29) is 12.4 Å². The zero-order valence-electron chi connectivity index (χ0n) is 9.65. The van der Waals surface area contributed by atoms with Crippen molar-refractivity contribution in [2.75, 3.05) is 0 Å². The number of ether oxygens (including phenoxy) is 1. The summed E-state index contributed by atoms with van der Waals surface area (Å²) in [5.74, 6) is 4.46. The van der Waals surface area contributed by atoms with Crippen molar-refractivity contribution in [2.45, 2.75) is 6.61 Å². The van der Waals surface area contributed by atoms with Crippen LogP contribution in [0.4, 0.5) is 4.39 Å². The Labute approximate surface area is 116 Å². The molecule has 1 amide bonds. The minimum atomic E-state index is -0.552. The number of amides is 1. The lowest BCUT2D eigenvalue weighted by atomic mass is 10.2. The summed E-state index contributed by atoms with van der Waals surface area (Å²) in [6, 6.07) is 5.76. The van der Waals surface area contributed by atoms with Gasteiger partial charge in [0.05, 0.1) is 6.26 Å². The van der Waals surface area contributed by atoms with Crippen molar-refractivity contribution in [1.82, 2.24) is 5.43 Å². The third kappa shape index (κ3) is 3.33. The molecule has 0 aliphatic heterocycles. The van der Waals surface area contributed by atoms with Crippen molar-refractivity contribution in [3.63, 3.8) is 0 Å². The molecule has 0 radical (unpaired) electrons. The molecular formula is C12H10BrFN2O3. The molecule has 2 rings (SSSR count). The number of carbonyl (C=O) groups excluding carboxylic acids is 1. The number of halogens is 2. The molecule has 0 unspecified atom stereocenters. The quantitative estimate of drug-likeness (QED) is 0.513. The van der Waals surface area contributed by atoms with E-state index in [4.69, 9.17) is 15.0 Å². The molecule has 0 aliphatic carbocycles. The molecule has 1 aromatic carbocycles. The monoisotopic (exact) mass is 328 g/mol. The van der Waals surface area contributed by atoms with Gasteiger partial charge in [0.25, 0.3) is 0 Å². The maximum absolute atomic E-state index is 13.1. The van der Waals surface area contributed by atoms with Gasteiger partial charge in [-0.05, 0) is 18.2 Å². The van der Waals surface area contributed by atoms with Crippen molar-refractivity contribution in [3.8, 4) is 5.75 Å². The molecule has 0 saturated carbocycles. The summed E-state index contributed by atoms with van der Waals surface area (Å²) >= 11 is 3.16. The standard InChI is InChI=1S/C12H10BrFN2O3/c13-8-3-9(14)5-10(4-8)19-6-7-1-2-18-11(7)12(17)16-15/h1-5H,6,15H2,(H,16,17). The Bertz CT molecular complexity index is 580. The van der Waals surface area contributed by atoms with E-state index in [1.807, 2.05) is 5.43 Å². The molecule has 0 saturated heterocycles. The summed E-state index contributed by atoms with van der Waals surface area (Å²) in [5, 5.41) is 0. The molecular weight excluding hydrogens is 319 g/mol. The minimum absolute atomic E-state index is 0.0646. The highest BCUT2D eigenvalue weighted by molar-refractivity contribution is 9.10. The van der Waals surface area contributed by atoms with Crippen LogP contribution in [-0.2, 0) is 6.61 Å². The molecule has 0 spiro atoms. The summed E-state index contributed by atoms with van der Waals surface area (Å²) < 4.78 is 24.1. The Morgan fingerprint density at radius 1 is 1.47 bits per heavy atom. The molecule has 0 fully saturated rings. The van der Waals surface area contributed by atoms with E-state index in [0.29, 0.717) is 15.8 Å². The van der Waals surface area contributed by atoms with Crippen LogP contribution in [0.2, 0.25) is 0 Å². The maximum atomic E-state index is 13.1. The third-order valence-electron chi connectivity index (χ3n) is 2.31. The van der Waals surface area contributed by atoms with Gasteiger partial charge in [0.15, 0.2) is 5.76 Å². The number of hydrogen-bond donors (Lipinski definition) is 2. The second-order valence-corrected chi connectivity index (χ2v) is 4.56. The summed E-state index contributed by atoms with van der Waals surface area (Å²) in [4.78, 5) is 11.4. The topological polar surface area (TPSA) is 77.5 Å². The van der Waals surface area contributed by atoms with E-state index in [2.05, 4.69) is 15.9 Å². The Balaban J connectivity index is 2.10. The number of furan rings is 1. The largest absolute Gasteiger partial charge is 0.489 e. The number of benzene rings is 1. The Morgan fingerprint density at radius 2 is 2.26 bits per heavy atom. The van der Waals surface area contributed by atoms with Gasteiger partial charge in [0, 0.05) is 16.1 Å². The number of rotatable bonds is 4. The molecule has 0 bridgehead atoms. The van der Waals surface area contributed by atoms with E-state index in [0.717, 1.165) is 0 Å². The fourth-order valence-electron chi connectivity index (χ4n) is 1.49. The summed E-state index contributed by atoms with van der Waals surface area (Å²) in [6.07, 6.45) is 1.35. The number of carbonyl (C=O) groups is 1. The van der Waals surface area contributed by atoms with Crippen molar-refractivity contribution in [3.05, 3.63) is 52.1 Å². The highest BCUT2D eigenvalue weighted by Crippen LogP contribution is 2.22. The number of nitrogens with one attached hydrogen (secondary N) is 1. The van der Waals surface area contributed by atoms with Crippen LogP contribution in [0.15, 0.2) is 39.4 Å². The predicted molar refractivity (Wildman–Crippen MR) is 68.8 cm³/mol. The van der Waals surface area contributed by atoms with E-state index in [1.165, 1.54) is 18.4 Å². The van der Waals surface area contributed by atoms with Gasteiger partial charge < -0.3 is 9.15 Å². The highest BCUT2D eigenvalue weighted by atomic mass is 79.9. The number of nitrogens with two attached hydrogens (primary N) is 1. The Hall–Kier alpha value is -1.86. The zero-order valence-corrected chi connectivity index (χ0v) is 11.2. The highest BCUT2D eigenvalue weighted by Gasteiger charge is 2.14. The third-order valence-corrected chi connectivity index (χ3v) is 2.77. The number of hydrazine groups is 1. The van der Waals surface area contributed by atoms with E-state index < -0.39 is 11.7 Å². The van der Waals surface area contributed by atoms with Gasteiger partial charge in [-0.2, -0.15) is 0 Å². The molecule has 19 heavy (non-hydrogen) atoms. The smallest absolute Gasteiger partial charge is 0.301 e. The SMILES string of the molecule is NNC(=O)c1occc1COc1cc(F)cc(Br)c1. The molecule has 0 aliphatic rings. The van der Waals surface area contributed by atoms with Crippen molar-refractivity contribution in [2.24, 2.45) is 5.84 Å². The second kappa shape index (κ2) is 5.85. The average Bonchev–Trinajstić information content (AvgIpc) is 2.82. The molecule has 1 aromatic heterocycles. The van der Waals surface area contributed by atoms with Crippen LogP contribution in [0.5, 0.6) is 5.75 Å². The summed E-state index contributed by atoms with van der Waals surface area (Å²) in [7, 11) is 0. The van der Waals surface area contributed by atoms with Gasteiger partial charge in [-0.3, -0.25) is 10.2 Å². The molecule has 100 valence electrons. The van der Waals surface area contributed by atoms with Crippen LogP contribution >= 0.6 is 15.9 Å². The Kier molecular flexibility index (Phi) is 4.18. The molecule has 1 heterocycles. The first-order valence-electron chi connectivity index (χ1n) is 5.26. The first-order chi connectivity index (χ1) is 9.10. The molecule has 5 nitrogen and oxygen atoms in total. The van der Waals surface area contributed by atoms with Gasteiger partial charge in [-0.15, -0.1) is 0 Å². The lowest BCUT2D eigenvalue weighted by Crippen LogP contribution is -2.30. The van der Waals surface area contributed by atoms with Crippen LogP contribution in [0.1, 0.15) is 16.1 Å². The van der Waals surface area contributed by atoms with Gasteiger partial charge >= 0.3 is 5.91 Å². The normalized spacial score (nSPS) is 10.3. The van der Waals surface area contributed by atoms with Crippen molar-refractivity contribution >= 4 is 21.8 Å². The number of nitrogen functional groups attached to an aromatic ring is 1.